The summed E-state index contributed by atoms with van der Waals surface area (Å²) in [5.74, 6) is 0.715. The van der Waals surface area contributed by atoms with Gasteiger partial charge >= 0.3 is 0 Å². The quantitative estimate of drug-likeness (QED) is 0.735. The van der Waals surface area contributed by atoms with E-state index in [1.807, 2.05) is 6.07 Å². The highest BCUT2D eigenvalue weighted by atomic mass is 19.1. The molecule has 1 aliphatic rings. The van der Waals surface area contributed by atoms with E-state index in [0.717, 1.165) is 12.1 Å². The molecule has 1 saturated carbocycles. The Balaban J connectivity index is 1.78. The van der Waals surface area contributed by atoms with Gasteiger partial charge in [0.05, 0.1) is 13.2 Å². The predicted octanol–water partition coefficient (Wildman–Crippen LogP) is 2.74. The van der Waals surface area contributed by atoms with Gasteiger partial charge in [0.2, 0.25) is 0 Å². The summed E-state index contributed by atoms with van der Waals surface area (Å²) in [5.41, 5.74) is 0.921. The predicted molar refractivity (Wildman–Crippen MR) is 72.8 cm³/mol. The van der Waals surface area contributed by atoms with Gasteiger partial charge < -0.3 is 14.8 Å². The first-order chi connectivity index (χ1) is 9.29. The smallest absolute Gasteiger partial charge is 0.165 e. The Kier molecular flexibility index (Phi) is 5.61. The maximum absolute atomic E-state index is 13.8. The fraction of sp³-hybridized carbons (Fsp3) is 0.600. The molecule has 106 valence electrons. The fourth-order valence-electron chi connectivity index (χ4n) is 2.05. The SMILES string of the molecule is COCCNCc1ccc(OCC2CCC2)c(F)c1. The molecule has 3 nitrogen and oxygen atoms in total. The van der Waals surface area contributed by atoms with E-state index in [2.05, 4.69) is 5.32 Å². The summed E-state index contributed by atoms with van der Waals surface area (Å²) >= 11 is 0. The molecule has 0 heterocycles. The van der Waals surface area contributed by atoms with Gasteiger partial charge in [0.1, 0.15) is 0 Å². The highest BCUT2D eigenvalue weighted by molar-refractivity contribution is 5.29. The van der Waals surface area contributed by atoms with Crippen LogP contribution in [-0.2, 0) is 11.3 Å². The van der Waals surface area contributed by atoms with Gasteiger partial charge in [-0.3, -0.25) is 0 Å². The number of methoxy groups -OCH3 is 1. The molecule has 0 atom stereocenters. The molecular weight excluding hydrogens is 245 g/mol. The van der Waals surface area contributed by atoms with Crippen molar-refractivity contribution in [3.8, 4) is 5.75 Å². The number of hydrogen-bond acceptors (Lipinski definition) is 3. The third kappa shape index (κ3) is 4.48. The van der Waals surface area contributed by atoms with Crippen LogP contribution in [0.4, 0.5) is 4.39 Å². The van der Waals surface area contributed by atoms with Crippen LogP contribution < -0.4 is 10.1 Å². The van der Waals surface area contributed by atoms with Crippen LogP contribution >= 0.6 is 0 Å². The molecule has 1 aliphatic carbocycles. The van der Waals surface area contributed by atoms with Crippen molar-refractivity contribution in [1.82, 2.24) is 5.32 Å². The minimum Gasteiger partial charge on any atom is -0.490 e. The number of halogens is 1. The van der Waals surface area contributed by atoms with Crippen LogP contribution in [0.15, 0.2) is 18.2 Å². The van der Waals surface area contributed by atoms with Gasteiger partial charge in [0.25, 0.3) is 0 Å². The maximum atomic E-state index is 13.8. The lowest BCUT2D eigenvalue weighted by Gasteiger charge is -2.25. The highest BCUT2D eigenvalue weighted by Gasteiger charge is 2.18. The molecule has 0 radical (unpaired) electrons. The number of ether oxygens (including phenoxy) is 2. The lowest BCUT2D eigenvalue weighted by atomic mass is 9.86. The number of benzene rings is 1. The van der Waals surface area contributed by atoms with Crippen molar-refractivity contribution < 1.29 is 13.9 Å². The molecule has 1 fully saturated rings. The van der Waals surface area contributed by atoms with Crippen LogP contribution in [0.1, 0.15) is 24.8 Å². The van der Waals surface area contributed by atoms with Crippen LogP contribution in [0.2, 0.25) is 0 Å². The Morgan fingerprint density at radius 1 is 1.37 bits per heavy atom. The van der Waals surface area contributed by atoms with Crippen LogP contribution in [0.5, 0.6) is 5.75 Å². The summed E-state index contributed by atoms with van der Waals surface area (Å²) in [6.45, 7) is 2.70. The summed E-state index contributed by atoms with van der Waals surface area (Å²) in [5, 5.41) is 3.19. The van der Waals surface area contributed by atoms with Gasteiger partial charge in [-0.25, -0.2) is 4.39 Å². The van der Waals surface area contributed by atoms with Crippen molar-refractivity contribution in [3.05, 3.63) is 29.6 Å². The molecule has 0 spiro atoms. The van der Waals surface area contributed by atoms with Crippen molar-refractivity contribution in [2.45, 2.75) is 25.8 Å². The normalized spacial score (nSPS) is 15.3. The second-order valence-electron chi connectivity index (χ2n) is 5.04. The topological polar surface area (TPSA) is 30.5 Å². The Bertz CT molecular complexity index is 394. The largest absolute Gasteiger partial charge is 0.490 e. The molecule has 4 heteroatoms. The summed E-state index contributed by atoms with van der Waals surface area (Å²) in [6.07, 6.45) is 3.70. The molecule has 19 heavy (non-hydrogen) atoms. The zero-order valence-corrected chi connectivity index (χ0v) is 11.5. The van der Waals surface area contributed by atoms with E-state index in [1.165, 1.54) is 25.3 Å². The Labute approximate surface area is 114 Å². The van der Waals surface area contributed by atoms with E-state index >= 15 is 0 Å². The average Bonchev–Trinajstić information content (AvgIpc) is 2.35. The van der Waals surface area contributed by atoms with Gasteiger partial charge in [-0.15, -0.1) is 0 Å². The van der Waals surface area contributed by atoms with Gasteiger partial charge in [-0.1, -0.05) is 12.5 Å². The zero-order chi connectivity index (χ0) is 13.5. The first kappa shape index (κ1) is 14.3. The summed E-state index contributed by atoms with van der Waals surface area (Å²) < 4.78 is 24.3. The molecule has 0 aliphatic heterocycles. The van der Waals surface area contributed by atoms with E-state index in [1.54, 1.807) is 13.2 Å². The molecule has 0 aromatic heterocycles. The average molecular weight is 267 g/mol. The Morgan fingerprint density at radius 2 is 2.21 bits per heavy atom. The molecule has 0 amide bonds. The molecule has 1 aromatic rings. The van der Waals surface area contributed by atoms with Gasteiger partial charge in [-0.05, 0) is 36.5 Å². The van der Waals surface area contributed by atoms with E-state index < -0.39 is 0 Å². The van der Waals surface area contributed by atoms with Crippen LogP contribution in [-0.4, -0.2) is 26.9 Å². The first-order valence-corrected chi connectivity index (χ1v) is 6.90. The van der Waals surface area contributed by atoms with Crippen molar-refractivity contribution in [1.29, 1.82) is 0 Å². The van der Waals surface area contributed by atoms with Crippen molar-refractivity contribution in [2.75, 3.05) is 26.9 Å². The molecular formula is C15H22FNO2. The lowest BCUT2D eigenvalue weighted by molar-refractivity contribution is 0.175. The van der Waals surface area contributed by atoms with E-state index in [4.69, 9.17) is 9.47 Å². The fourth-order valence-corrected chi connectivity index (χ4v) is 2.05. The molecule has 0 bridgehead atoms. The van der Waals surface area contributed by atoms with Gasteiger partial charge in [0, 0.05) is 20.2 Å². The van der Waals surface area contributed by atoms with Gasteiger partial charge in [-0.2, -0.15) is 0 Å². The van der Waals surface area contributed by atoms with E-state index in [-0.39, 0.29) is 5.82 Å². The second kappa shape index (κ2) is 7.46. The summed E-state index contributed by atoms with van der Waals surface area (Å²) in [6, 6.07) is 5.16. The standard InChI is InChI=1S/C15H22FNO2/c1-18-8-7-17-10-13-5-6-15(14(16)9-13)19-11-12-3-2-4-12/h5-6,9,12,17H,2-4,7-8,10-11H2,1H3. The zero-order valence-electron chi connectivity index (χ0n) is 11.5. The summed E-state index contributed by atoms with van der Waals surface area (Å²) in [7, 11) is 1.66. The lowest BCUT2D eigenvalue weighted by Crippen LogP contribution is -2.20. The third-order valence-corrected chi connectivity index (χ3v) is 3.51. The van der Waals surface area contributed by atoms with Crippen molar-refractivity contribution >= 4 is 0 Å². The Hall–Kier alpha value is -1.13. The van der Waals surface area contributed by atoms with Crippen LogP contribution in [0, 0.1) is 11.7 Å². The Morgan fingerprint density at radius 3 is 2.84 bits per heavy atom. The molecule has 1 N–H and O–H groups in total. The van der Waals surface area contributed by atoms with E-state index in [0.29, 0.717) is 31.4 Å². The number of hydrogen-bond donors (Lipinski definition) is 1. The van der Waals surface area contributed by atoms with Crippen LogP contribution in [0.3, 0.4) is 0 Å². The minimum absolute atomic E-state index is 0.273. The summed E-state index contributed by atoms with van der Waals surface area (Å²) in [4.78, 5) is 0. The first-order valence-electron chi connectivity index (χ1n) is 6.90. The monoisotopic (exact) mass is 267 g/mol. The highest BCUT2D eigenvalue weighted by Crippen LogP contribution is 2.28. The number of nitrogens with one attached hydrogen (secondary N) is 1. The van der Waals surface area contributed by atoms with E-state index in [9.17, 15) is 4.39 Å². The van der Waals surface area contributed by atoms with Gasteiger partial charge in [0.15, 0.2) is 11.6 Å². The minimum atomic E-state index is -0.273. The third-order valence-electron chi connectivity index (χ3n) is 3.51. The maximum Gasteiger partial charge on any atom is 0.165 e. The van der Waals surface area contributed by atoms with Crippen molar-refractivity contribution in [3.63, 3.8) is 0 Å². The van der Waals surface area contributed by atoms with Crippen LogP contribution in [0.25, 0.3) is 0 Å². The molecule has 1 aromatic carbocycles. The molecule has 2 rings (SSSR count). The van der Waals surface area contributed by atoms with Crippen molar-refractivity contribution in [2.24, 2.45) is 5.92 Å². The second-order valence-corrected chi connectivity index (χ2v) is 5.04. The molecule has 0 saturated heterocycles. The molecule has 0 unspecified atom stereocenters. The number of rotatable bonds is 8.